The van der Waals surface area contributed by atoms with Crippen molar-refractivity contribution in [1.29, 1.82) is 0 Å². The number of ether oxygens (including phenoxy) is 2. The van der Waals surface area contributed by atoms with E-state index in [1.807, 2.05) is 0 Å². The van der Waals surface area contributed by atoms with Crippen molar-refractivity contribution in [1.82, 2.24) is 40.0 Å². The van der Waals surface area contributed by atoms with Crippen LogP contribution in [0.2, 0.25) is 0 Å². The van der Waals surface area contributed by atoms with E-state index in [0.717, 1.165) is 12.1 Å². The lowest BCUT2D eigenvalue weighted by Crippen LogP contribution is -2.52. The van der Waals surface area contributed by atoms with E-state index in [1.54, 1.807) is 46.3 Å². The zero-order valence-electron chi connectivity index (χ0n) is 32.8. The summed E-state index contributed by atoms with van der Waals surface area (Å²) < 4.78 is 69.7. The van der Waals surface area contributed by atoms with Crippen LogP contribution in [0.25, 0.3) is 16.9 Å². The van der Waals surface area contributed by atoms with Crippen molar-refractivity contribution in [2.75, 3.05) is 39.3 Å². The molecular formula is C42H44F4N8O6. The van der Waals surface area contributed by atoms with Gasteiger partial charge in [-0.3, -0.25) is 19.2 Å². The number of benzene rings is 2. The van der Waals surface area contributed by atoms with Gasteiger partial charge < -0.3 is 29.5 Å². The molecule has 2 aromatic heterocycles. The largest absolute Gasteiger partial charge is 0.478 e. The third-order valence-electron chi connectivity index (χ3n) is 11.8. The van der Waals surface area contributed by atoms with Crippen molar-refractivity contribution in [2.24, 2.45) is 11.8 Å². The third kappa shape index (κ3) is 9.12. The Kier molecular flexibility index (Phi) is 11.6. The van der Waals surface area contributed by atoms with E-state index in [1.165, 1.54) is 34.7 Å². The molecule has 0 spiro atoms. The van der Waals surface area contributed by atoms with E-state index in [-0.39, 0.29) is 103 Å². The maximum Gasteiger partial charge on any atom is 0.416 e. The lowest BCUT2D eigenvalue weighted by Gasteiger charge is -2.40. The van der Waals surface area contributed by atoms with Gasteiger partial charge in [0.15, 0.2) is 0 Å². The van der Waals surface area contributed by atoms with Gasteiger partial charge in [0.25, 0.3) is 5.91 Å². The van der Waals surface area contributed by atoms with E-state index in [4.69, 9.17) is 9.47 Å². The summed E-state index contributed by atoms with van der Waals surface area (Å²) in [6, 6.07) is 12.5. The number of amides is 4. The number of nitrogens with zero attached hydrogens (tertiary/aromatic N) is 7. The average Bonchev–Trinajstić information content (AvgIpc) is 4.00. The smallest absolute Gasteiger partial charge is 0.416 e. The fourth-order valence-electron chi connectivity index (χ4n) is 8.68. The van der Waals surface area contributed by atoms with Crippen molar-refractivity contribution in [3.8, 4) is 22.8 Å². The molecule has 0 radical (unpaired) electrons. The summed E-state index contributed by atoms with van der Waals surface area (Å²) in [5.41, 5.74) is 0.473. The molecule has 316 valence electrons. The minimum Gasteiger partial charge on any atom is -0.478 e. The first-order valence-electron chi connectivity index (χ1n) is 20.0. The van der Waals surface area contributed by atoms with E-state index in [9.17, 15) is 36.7 Å². The minimum absolute atomic E-state index is 0.0118. The van der Waals surface area contributed by atoms with Crippen LogP contribution >= 0.6 is 0 Å². The fraction of sp³-hybridized carbons (Fsp3) is 0.452. The Morgan fingerprint density at radius 2 is 1.77 bits per heavy atom. The van der Waals surface area contributed by atoms with Gasteiger partial charge in [0.05, 0.1) is 42.5 Å². The van der Waals surface area contributed by atoms with Crippen LogP contribution in [-0.4, -0.2) is 116 Å². The highest BCUT2D eigenvalue weighted by Crippen LogP contribution is 2.37. The summed E-state index contributed by atoms with van der Waals surface area (Å²) in [6.07, 6.45) is -1.85. The number of hydrogen-bond donors (Lipinski definition) is 1. The molecule has 3 saturated heterocycles. The lowest BCUT2D eigenvalue weighted by molar-refractivity contribution is -0.139. The zero-order valence-corrected chi connectivity index (χ0v) is 32.8. The number of aromatic nitrogens is 4. The number of carbonyl (C=O) groups excluding carboxylic acids is 4. The van der Waals surface area contributed by atoms with Crippen LogP contribution in [0.15, 0.2) is 66.9 Å². The third-order valence-corrected chi connectivity index (χ3v) is 11.8. The van der Waals surface area contributed by atoms with Gasteiger partial charge in [-0.15, -0.1) is 5.10 Å². The zero-order chi connectivity index (χ0) is 42.1. The van der Waals surface area contributed by atoms with E-state index >= 15 is 0 Å². The number of hydrogen-bond acceptors (Lipinski definition) is 9. The Balaban J connectivity index is 1.06. The molecule has 0 aliphatic carbocycles. The molecule has 6 bridgehead atoms. The predicted molar refractivity (Wildman–Crippen MR) is 206 cm³/mol. The van der Waals surface area contributed by atoms with Gasteiger partial charge in [-0.1, -0.05) is 17.3 Å². The summed E-state index contributed by atoms with van der Waals surface area (Å²) in [5.74, 6) is -2.08. The van der Waals surface area contributed by atoms with Gasteiger partial charge in [0.2, 0.25) is 23.6 Å². The quantitative estimate of drug-likeness (QED) is 0.262. The maximum absolute atomic E-state index is 14.6. The Hall–Kier alpha value is -5.91. The highest BCUT2D eigenvalue weighted by molar-refractivity contribution is 5.99. The first kappa shape index (κ1) is 40.9. The van der Waals surface area contributed by atoms with Crippen LogP contribution in [0.4, 0.5) is 17.6 Å². The van der Waals surface area contributed by atoms with Crippen molar-refractivity contribution >= 4 is 23.6 Å². The number of alkyl halides is 3. The van der Waals surface area contributed by atoms with Gasteiger partial charge in [-0.05, 0) is 73.6 Å². The molecule has 5 atom stereocenters. The molecule has 4 aromatic rings. The lowest BCUT2D eigenvalue weighted by atomic mass is 9.80. The minimum atomic E-state index is -4.71. The molecule has 6 heterocycles. The topological polar surface area (TPSA) is 152 Å². The summed E-state index contributed by atoms with van der Waals surface area (Å²) in [7, 11) is 0. The van der Waals surface area contributed by atoms with E-state index < -0.39 is 29.8 Å². The Labute approximate surface area is 342 Å². The fourth-order valence-corrected chi connectivity index (χ4v) is 8.68. The second kappa shape index (κ2) is 17.0. The highest BCUT2D eigenvalue weighted by Gasteiger charge is 2.45. The van der Waals surface area contributed by atoms with Gasteiger partial charge in [0, 0.05) is 75.7 Å². The number of fused-ring (bicyclic) bond motifs is 8. The molecule has 14 nitrogen and oxygen atoms in total. The number of piperidine rings is 1. The Bertz CT molecular complexity index is 2250. The maximum atomic E-state index is 14.6. The molecule has 18 heteroatoms. The molecule has 4 aliphatic rings. The van der Waals surface area contributed by atoms with Crippen molar-refractivity contribution < 1.29 is 46.2 Å². The number of rotatable bonds is 7. The molecule has 0 unspecified atom stereocenters. The molecular weight excluding hydrogens is 789 g/mol. The van der Waals surface area contributed by atoms with Crippen LogP contribution < -0.4 is 10.1 Å². The second-order valence-corrected chi connectivity index (χ2v) is 15.9. The first-order valence-corrected chi connectivity index (χ1v) is 20.0. The number of carbonyl (C=O) groups is 4. The molecule has 3 fully saturated rings. The van der Waals surface area contributed by atoms with Crippen LogP contribution in [-0.2, 0) is 31.9 Å². The number of halogens is 4. The summed E-state index contributed by atoms with van der Waals surface area (Å²) in [6.45, 7) is 2.95. The number of nitrogens with one attached hydrogen (secondary N) is 1. The van der Waals surface area contributed by atoms with Crippen LogP contribution in [0.3, 0.4) is 0 Å². The Morgan fingerprint density at radius 1 is 0.967 bits per heavy atom. The van der Waals surface area contributed by atoms with Crippen LogP contribution in [0.1, 0.15) is 60.6 Å². The molecule has 8 rings (SSSR count). The monoisotopic (exact) mass is 832 g/mol. The summed E-state index contributed by atoms with van der Waals surface area (Å²) in [5, 5.41) is 11.2. The average molecular weight is 833 g/mol. The van der Waals surface area contributed by atoms with E-state index in [0.29, 0.717) is 50.3 Å². The van der Waals surface area contributed by atoms with Crippen LogP contribution in [0, 0.1) is 17.7 Å². The van der Waals surface area contributed by atoms with Gasteiger partial charge in [-0.2, -0.15) is 13.2 Å². The van der Waals surface area contributed by atoms with Gasteiger partial charge in [0.1, 0.15) is 17.6 Å². The normalized spacial score (nSPS) is 23.4. The van der Waals surface area contributed by atoms with Crippen molar-refractivity contribution in [2.45, 2.75) is 70.0 Å². The molecule has 1 N–H and O–H groups in total. The SMILES string of the molecule is CC(=O)N[C@@H]1CCN(C(=O)C[C@@H]2CCN3C[C@@H]2CCOc2cc(C(F)(F)F)cc(n2)-c2cccc(c2)C(=O)N2C[C@H](OCc4cn(-c5ccc(F)cc5)nn4)C[C@H]2C3=O)C1. The second-order valence-electron chi connectivity index (χ2n) is 15.9. The first-order chi connectivity index (χ1) is 28.8. The number of pyridine rings is 1. The van der Waals surface area contributed by atoms with Gasteiger partial charge in [-0.25, -0.2) is 14.1 Å². The molecule has 2 aromatic carbocycles. The summed E-state index contributed by atoms with van der Waals surface area (Å²) >= 11 is 0. The molecule has 0 saturated carbocycles. The highest BCUT2D eigenvalue weighted by atomic mass is 19.4. The molecule has 4 aliphatic heterocycles. The predicted octanol–water partition coefficient (Wildman–Crippen LogP) is 4.66. The summed E-state index contributed by atoms with van der Waals surface area (Å²) in [4.78, 5) is 63.5. The van der Waals surface area contributed by atoms with E-state index in [2.05, 4.69) is 20.6 Å². The number of likely N-dealkylation sites (tertiary alicyclic amines) is 1. The van der Waals surface area contributed by atoms with Crippen molar-refractivity contribution in [3.63, 3.8) is 0 Å². The van der Waals surface area contributed by atoms with Gasteiger partial charge >= 0.3 is 6.18 Å². The standard InChI is InChI=1S/C42H44F4N8O6/c1-25(55)47-32-10-13-51(21-32)39(56)16-26-9-12-52-20-29(26)11-14-59-38-18-30(42(44,45)46)17-36(48-38)27-3-2-4-28(15-27)40(57)53-23-35(19-37(53)41(52)58)60-24-33-22-54(50-49-33)34-7-5-31(43)6-8-34/h2-8,15,17-18,22,26,29,32,35,37H,9-14,16,19-21,23-24H2,1H3,(H,47,55)/t26-,29-,32+,35+,37-/m0/s1. The van der Waals surface area contributed by atoms with Crippen molar-refractivity contribution in [3.05, 3.63) is 89.5 Å². The Morgan fingerprint density at radius 3 is 2.55 bits per heavy atom. The molecule has 4 amide bonds. The molecule has 60 heavy (non-hydrogen) atoms. The van der Waals surface area contributed by atoms with Crippen LogP contribution in [0.5, 0.6) is 5.88 Å².